The molecule has 1 amide bonds. The van der Waals surface area contributed by atoms with Gasteiger partial charge >= 0.3 is 0 Å². The van der Waals surface area contributed by atoms with Crippen molar-refractivity contribution in [2.75, 3.05) is 36.4 Å². The number of hydrogen-bond donors (Lipinski definition) is 2. The van der Waals surface area contributed by atoms with Gasteiger partial charge in [-0.2, -0.15) is 0 Å². The van der Waals surface area contributed by atoms with Crippen molar-refractivity contribution in [3.8, 4) is 5.75 Å². The predicted octanol–water partition coefficient (Wildman–Crippen LogP) is 3.85. The summed E-state index contributed by atoms with van der Waals surface area (Å²) in [5, 5.41) is 13.8. The maximum absolute atomic E-state index is 12.6. The summed E-state index contributed by atoms with van der Waals surface area (Å²) in [5.74, 6) is 0.160. The number of benzene rings is 2. The second kappa shape index (κ2) is 8.16. The Bertz CT molecular complexity index is 792. The molecule has 138 valence electrons. The lowest BCUT2D eigenvalue weighted by atomic mass is 10.2. The van der Waals surface area contributed by atoms with Crippen molar-refractivity contribution in [3.63, 3.8) is 0 Å². The normalized spacial score (nSPS) is 16.3. The molecule has 2 aromatic carbocycles. The number of aromatic hydroxyl groups is 1. The lowest BCUT2D eigenvalue weighted by Crippen LogP contribution is -2.52. The SMILES string of the molecule is C[C@@H](C(=O)Nc1cc(Cl)ccc1Cl)N1CCN(c2ccccc2O)CC1. The van der Waals surface area contributed by atoms with Crippen molar-refractivity contribution in [2.24, 2.45) is 0 Å². The standard InChI is InChI=1S/C19H21Cl2N3O2/c1-13(19(26)22-16-12-14(20)6-7-15(16)21)23-8-10-24(11-9-23)17-4-2-3-5-18(17)25/h2-7,12-13,25H,8-11H2,1H3,(H,22,26)/t13-/m0/s1. The Morgan fingerprint density at radius 3 is 2.50 bits per heavy atom. The minimum atomic E-state index is -0.295. The zero-order valence-electron chi connectivity index (χ0n) is 14.5. The highest BCUT2D eigenvalue weighted by Gasteiger charge is 2.26. The lowest BCUT2D eigenvalue weighted by Gasteiger charge is -2.38. The fourth-order valence-electron chi connectivity index (χ4n) is 3.08. The van der Waals surface area contributed by atoms with Crippen LogP contribution in [0.25, 0.3) is 0 Å². The maximum Gasteiger partial charge on any atom is 0.241 e. The van der Waals surface area contributed by atoms with Gasteiger partial charge in [0.05, 0.1) is 22.4 Å². The number of halogens is 2. The molecule has 0 unspecified atom stereocenters. The van der Waals surface area contributed by atoms with Gasteiger partial charge in [0.1, 0.15) is 5.75 Å². The van der Waals surface area contributed by atoms with E-state index in [1.165, 1.54) is 0 Å². The van der Waals surface area contributed by atoms with Crippen LogP contribution in [0.4, 0.5) is 11.4 Å². The lowest BCUT2D eigenvalue weighted by molar-refractivity contribution is -0.120. The first kappa shape index (κ1) is 18.8. The van der Waals surface area contributed by atoms with E-state index < -0.39 is 0 Å². The summed E-state index contributed by atoms with van der Waals surface area (Å²) in [7, 11) is 0. The molecule has 2 aromatic rings. The third-order valence-electron chi connectivity index (χ3n) is 4.65. The van der Waals surface area contributed by atoms with Crippen molar-refractivity contribution in [3.05, 3.63) is 52.5 Å². The number of anilines is 2. The van der Waals surface area contributed by atoms with Crippen LogP contribution in [-0.4, -0.2) is 48.1 Å². The van der Waals surface area contributed by atoms with Gasteiger partial charge in [-0.1, -0.05) is 35.3 Å². The monoisotopic (exact) mass is 393 g/mol. The summed E-state index contributed by atoms with van der Waals surface area (Å²) >= 11 is 12.1. The number of nitrogens with zero attached hydrogens (tertiary/aromatic N) is 2. The van der Waals surface area contributed by atoms with E-state index in [1.807, 2.05) is 25.1 Å². The summed E-state index contributed by atoms with van der Waals surface area (Å²) in [6.07, 6.45) is 0. The Morgan fingerprint density at radius 2 is 1.81 bits per heavy atom. The molecule has 3 rings (SSSR count). The van der Waals surface area contributed by atoms with Crippen molar-refractivity contribution < 1.29 is 9.90 Å². The molecular formula is C19H21Cl2N3O2. The topological polar surface area (TPSA) is 55.8 Å². The number of piperazine rings is 1. The van der Waals surface area contributed by atoms with Crippen molar-refractivity contribution >= 4 is 40.5 Å². The molecule has 1 aliphatic heterocycles. The van der Waals surface area contributed by atoms with E-state index in [9.17, 15) is 9.90 Å². The Labute approximate surface area is 163 Å². The molecule has 0 bridgehead atoms. The minimum Gasteiger partial charge on any atom is -0.506 e. The van der Waals surface area contributed by atoms with E-state index in [0.717, 1.165) is 31.9 Å². The van der Waals surface area contributed by atoms with Crippen LogP contribution >= 0.6 is 23.2 Å². The Hall–Kier alpha value is -1.95. The average Bonchev–Trinajstić information content (AvgIpc) is 2.64. The van der Waals surface area contributed by atoms with E-state index in [1.54, 1.807) is 24.3 Å². The second-order valence-electron chi connectivity index (χ2n) is 6.30. The molecule has 7 heteroatoms. The zero-order valence-corrected chi connectivity index (χ0v) is 16.0. The highest BCUT2D eigenvalue weighted by molar-refractivity contribution is 6.35. The van der Waals surface area contributed by atoms with Gasteiger partial charge in [0.2, 0.25) is 5.91 Å². The molecule has 26 heavy (non-hydrogen) atoms. The fourth-order valence-corrected chi connectivity index (χ4v) is 3.41. The van der Waals surface area contributed by atoms with Crippen LogP contribution in [-0.2, 0) is 4.79 Å². The van der Waals surface area contributed by atoms with Crippen LogP contribution in [0.3, 0.4) is 0 Å². The van der Waals surface area contributed by atoms with Gasteiger partial charge in [0.25, 0.3) is 0 Å². The molecule has 0 radical (unpaired) electrons. The molecule has 2 N–H and O–H groups in total. The number of amides is 1. The van der Waals surface area contributed by atoms with Crippen LogP contribution in [0.15, 0.2) is 42.5 Å². The van der Waals surface area contributed by atoms with Gasteiger partial charge in [-0.05, 0) is 37.3 Å². The smallest absolute Gasteiger partial charge is 0.241 e. The molecule has 0 aliphatic carbocycles. The summed E-state index contributed by atoms with van der Waals surface area (Å²) in [6, 6.07) is 12.0. The average molecular weight is 394 g/mol. The molecule has 1 atom stereocenters. The van der Waals surface area contributed by atoms with E-state index in [4.69, 9.17) is 23.2 Å². The third-order valence-corrected chi connectivity index (χ3v) is 5.21. The summed E-state index contributed by atoms with van der Waals surface area (Å²) in [5.41, 5.74) is 1.35. The molecule has 0 saturated carbocycles. The first-order chi connectivity index (χ1) is 12.5. The number of phenols is 1. The molecule has 1 aliphatic rings. The van der Waals surface area contributed by atoms with Crippen LogP contribution < -0.4 is 10.2 Å². The van der Waals surface area contributed by atoms with E-state index in [-0.39, 0.29) is 17.7 Å². The highest BCUT2D eigenvalue weighted by Crippen LogP contribution is 2.28. The first-order valence-corrected chi connectivity index (χ1v) is 9.24. The van der Waals surface area contributed by atoms with E-state index in [2.05, 4.69) is 15.1 Å². The number of nitrogens with one attached hydrogen (secondary N) is 1. The van der Waals surface area contributed by atoms with Crippen LogP contribution in [0, 0.1) is 0 Å². The largest absolute Gasteiger partial charge is 0.506 e. The molecular weight excluding hydrogens is 373 g/mol. The molecule has 0 aromatic heterocycles. The number of carbonyl (C=O) groups excluding carboxylic acids is 1. The Kier molecular flexibility index (Phi) is 5.91. The van der Waals surface area contributed by atoms with Crippen LogP contribution in [0.2, 0.25) is 10.0 Å². The van der Waals surface area contributed by atoms with Crippen LogP contribution in [0.5, 0.6) is 5.75 Å². The number of para-hydroxylation sites is 2. The summed E-state index contributed by atoms with van der Waals surface area (Å²) in [6.45, 7) is 4.82. The van der Waals surface area contributed by atoms with Gasteiger partial charge in [-0.3, -0.25) is 9.69 Å². The second-order valence-corrected chi connectivity index (χ2v) is 7.14. The van der Waals surface area contributed by atoms with Crippen molar-refractivity contribution in [1.82, 2.24) is 4.90 Å². The molecule has 0 spiro atoms. The molecule has 1 fully saturated rings. The van der Waals surface area contributed by atoms with Crippen molar-refractivity contribution in [2.45, 2.75) is 13.0 Å². The van der Waals surface area contributed by atoms with E-state index >= 15 is 0 Å². The van der Waals surface area contributed by atoms with E-state index in [0.29, 0.717) is 15.7 Å². The zero-order chi connectivity index (χ0) is 18.7. The number of hydrogen-bond acceptors (Lipinski definition) is 4. The molecule has 1 saturated heterocycles. The quantitative estimate of drug-likeness (QED) is 0.827. The number of carbonyl (C=O) groups is 1. The van der Waals surface area contributed by atoms with Crippen molar-refractivity contribution in [1.29, 1.82) is 0 Å². The summed E-state index contributed by atoms with van der Waals surface area (Å²) < 4.78 is 0. The van der Waals surface area contributed by atoms with Gasteiger partial charge in [0.15, 0.2) is 0 Å². The van der Waals surface area contributed by atoms with Gasteiger partial charge in [0, 0.05) is 31.2 Å². The maximum atomic E-state index is 12.6. The Morgan fingerprint density at radius 1 is 1.12 bits per heavy atom. The Balaban J connectivity index is 1.59. The van der Waals surface area contributed by atoms with Gasteiger partial charge < -0.3 is 15.3 Å². The fraction of sp³-hybridized carbons (Fsp3) is 0.316. The highest BCUT2D eigenvalue weighted by atomic mass is 35.5. The predicted molar refractivity (Wildman–Crippen MR) is 106 cm³/mol. The van der Waals surface area contributed by atoms with Crippen LogP contribution in [0.1, 0.15) is 6.92 Å². The number of phenolic OH excluding ortho intramolecular Hbond substituents is 1. The number of rotatable bonds is 4. The third kappa shape index (κ3) is 4.23. The minimum absolute atomic E-state index is 0.120. The summed E-state index contributed by atoms with van der Waals surface area (Å²) in [4.78, 5) is 16.8. The van der Waals surface area contributed by atoms with Gasteiger partial charge in [-0.25, -0.2) is 0 Å². The van der Waals surface area contributed by atoms with Gasteiger partial charge in [-0.15, -0.1) is 0 Å². The molecule has 1 heterocycles. The molecule has 5 nitrogen and oxygen atoms in total. The first-order valence-electron chi connectivity index (χ1n) is 8.48.